The Labute approximate surface area is 171 Å². The van der Waals surface area contributed by atoms with Gasteiger partial charge in [0.2, 0.25) is 0 Å². The van der Waals surface area contributed by atoms with Crippen molar-refractivity contribution in [2.75, 3.05) is 6.54 Å². The fraction of sp³-hybridized carbons (Fsp3) is 0.522. The van der Waals surface area contributed by atoms with Crippen molar-refractivity contribution in [1.82, 2.24) is 24.3 Å². The molecular weight excluding hydrogens is 362 g/mol. The van der Waals surface area contributed by atoms with E-state index >= 15 is 0 Å². The van der Waals surface area contributed by atoms with Crippen LogP contribution in [0.2, 0.25) is 0 Å². The molecule has 0 radical (unpaired) electrons. The van der Waals surface area contributed by atoms with Gasteiger partial charge < -0.3 is 9.38 Å². The van der Waals surface area contributed by atoms with Gasteiger partial charge in [-0.15, -0.1) is 0 Å². The number of nitrogens with one attached hydrogen (secondary N) is 1. The van der Waals surface area contributed by atoms with Gasteiger partial charge in [0.25, 0.3) is 5.56 Å². The third kappa shape index (κ3) is 3.50. The van der Waals surface area contributed by atoms with Crippen LogP contribution in [0.4, 0.5) is 0 Å². The lowest BCUT2D eigenvalue weighted by molar-refractivity contribution is 0.237. The molecule has 1 saturated carbocycles. The molecule has 6 heteroatoms. The lowest BCUT2D eigenvalue weighted by Gasteiger charge is -2.29. The summed E-state index contributed by atoms with van der Waals surface area (Å²) in [6.07, 6.45) is 9.10. The number of nitrogens with zero attached hydrogens (tertiary/aromatic N) is 4. The summed E-state index contributed by atoms with van der Waals surface area (Å²) < 4.78 is 2.19. The van der Waals surface area contributed by atoms with Crippen molar-refractivity contribution in [3.8, 4) is 0 Å². The molecule has 2 aliphatic rings. The van der Waals surface area contributed by atoms with Gasteiger partial charge >= 0.3 is 0 Å². The summed E-state index contributed by atoms with van der Waals surface area (Å²) in [4.78, 5) is 27.9. The number of aromatic nitrogens is 4. The van der Waals surface area contributed by atoms with E-state index in [4.69, 9.17) is 9.97 Å². The lowest BCUT2D eigenvalue weighted by atomic mass is 9.88. The second-order valence-corrected chi connectivity index (χ2v) is 8.75. The van der Waals surface area contributed by atoms with Crippen molar-refractivity contribution in [2.45, 2.75) is 71.4 Å². The van der Waals surface area contributed by atoms with Crippen molar-refractivity contribution >= 4 is 5.65 Å². The van der Waals surface area contributed by atoms with Crippen molar-refractivity contribution in [1.29, 1.82) is 0 Å². The van der Waals surface area contributed by atoms with E-state index < -0.39 is 0 Å². The Morgan fingerprint density at radius 2 is 1.97 bits per heavy atom. The zero-order chi connectivity index (χ0) is 20.0. The average molecular weight is 392 g/mol. The molecule has 0 amide bonds. The van der Waals surface area contributed by atoms with Crippen LogP contribution in [-0.2, 0) is 19.5 Å². The number of fused-ring (bicyclic) bond motifs is 2. The Hall–Kier alpha value is -2.47. The van der Waals surface area contributed by atoms with Gasteiger partial charge in [0.05, 0.1) is 22.6 Å². The summed E-state index contributed by atoms with van der Waals surface area (Å²) in [6.45, 7) is 6.54. The van der Waals surface area contributed by atoms with Crippen molar-refractivity contribution in [2.24, 2.45) is 0 Å². The summed E-state index contributed by atoms with van der Waals surface area (Å²) in [7, 11) is 0. The monoisotopic (exact) mass is 391 g/mol. The van der Waals surface area contributed by atoms with E-state index in [0.717, 1.165) is 60.8 Å². The molecular formula is C23H29N5O. The quantitative estimate of drug-likeness (QED) is 0.740. The number of hydrogen-bond donors (Lipinski definition) is 1. The third-order valence-corrected chi connectivity index (χ3v) is 6.60. The first-order chi connectivity index (χ1) is 14.1. The molecule has 1 aliphatic heterocycles. The number of aromatic amines is 1. The maximum atomic E-state index is 12.9. The zero-order valence-corrected chi connectivity index (χ0v) is 17.4. The van der Waals surface area contributed by atoms with E-state index in [1.165, 1.54) is 30.5 Å². The predicted octanol–water partition coefficient (Wildman–Crippen LogP) is 3.64. The largest absolute Gasteiger partial charge is 0.310 e. The first-order valence-corrected chi connectivity index (χ1v) is 10.9. The zero-order valence-electron chi connectivity index (χ0n) is 17.4. The Kier molecular flexibility index (Phi) is 4.74. The van der Waals surface area contributed by atoms with E-state index in [2.05, 4.69) is 46.5 Å². The van der Waals surface area contributed by atoms with Gasteiger partial charge in [-0.2, -0.15) is 0 Å². The second kappa shape index (κ2) is 7.41. The number of aryl methyl sites for hydroxylation is 2. The normalized spacial score (nSPS) is 18.3. The summed E-state index contributed by atoms with van der Waals surface area (Å²) in [5, 5.41) is 0. The summed E-state index contributed by atoms with van der Waals surface area (Å²) in [6, 6.07) is 4.16. The summed E-state index contributed by atoms with van der Waals surface area (Å²) >= 11 is 0. The van der Waals surface area contributed by atoms with Crippen molar-refractivity contribution < 1.29 is 0 Å². The van der Waals surface area contributed by atoms with Crippen LogP contribution in [0, 0.1) is 13.8 Å². The fourth-order valence-electron chi connectivity index (χ4n) is 4.92. The number of imidazole rings is 1. The second-order valence-electron chi connectivity index (χ2n) is 8.75. The predicted molar refractivity (Wildman–Crippen MR) is 113 cm³/mol. The standard InChI is InChI=1S/C23H29N5O/c1-15-8-9-21-24-16(2)20(28(21)12-15)14-27-11-10-19-18(13-27)23(29)26-22(25-19)17-6-4-3-5-7-17/h8-9,12,17H,3-7,10-11,13-14H2,1-2H3,(H,25,26,29). The molecule has 0 saturated heterocycles. The van der Waals surface area contributed by atoms with Gasteiger partial charge in [0.15, 0.2) is 0 Å². The highest BCUT2D eigenvalue weighted by Gasteiger charge is 2.25. The maximum absolute atomic E-state index is 12.9. The minimum absolute atomic E-state index is 0.0611. The number of hydrogen-bond acceptors (Lipinski definition) is 4. The lowest BCUT2D eigenvalue weighted by Crippen LogP contribution is -2.36. The van der Waals surface area contributed by atoms with E-state index in [-0.39, 0.29) is 5.56 Å². The van der Waals surface area contributed by atoms with Crippen molar-refractivity contribution in [3.63, 3.8) is 0 Å². The Morgan fingerprint density at radius 1 is 1.14 bits per heavy atom. The molecule has 1 fully saturated rings. The molecule has 152 valence electrons. The molecule has 4 heterocycles. The molecule has 1 aliphatic carbocycles. The minimum Gasteiger partial charge on any atom is -0.310 e. The van der Waals surface area contributed by atoms with E-state index in [0.29, 0.717) is 12.5 Å². The molecule has 6 nitrogen and oxygen atoms in total. The van der Waals surface area contributed by atoms with Crippen LogP contribution in [0.25, 0.3) is 5.65 Å². The Balaban J connectivity index is 1.40. The Bertz CT molecular complexity index is 1110. The minimum atomic E-state index is 0.0611. The third-order valence-electron chi connectivity index (χ3n) is 6.60. The number of rotatable bonds is 3. The highest BCUT2D eigenvalue weighted by atomic mass is 16.1. The van der Waals surface area contributed by atoms with Crippen LogP contribution < -0.4 is 5.56 Å². The van der Waals surface area contributed by atoms with Crippen LogP contribution in [-0.4, -0.2) is 30.8 Å². The molecule has 0 spiro atoms. The molecule has 0 bridgehead atoms. The van der Waals surface area contributed by atoms with Crippen LogP contribution in [0.3, 0.4) is 0 Å². The van der Waals surface area contributed by atoms with Crippen molar-refractivity contribution in [3.05, 3.63) is 62.7 Å². The molecule has 3 aromatic rings. The van der Waals surface area contributed by atoms with Gasteiger partial charge in [-0.25, -0.2) is 9.97 Å². The SMILES string of the molecule is Cc1ccc2nc(C)c(CN3CCc4nc(C5CCCCC5)[nH]c(=O)c4C3)n2c1. The average Bonchev–Trinajstić information content (AvgIpc) is 3.03. The van der Waals surface area contributed by atoms with Crippen LogP contribution >= 0.6 is 0 Å². The number of H-pyrrole nitrogens is 1. The van der Waals surface area contributed by atoms with Gasteiger partial charge in [-0.3, -0.25) is 9.69 Å². The van der Waals surface area contributed by atoms with Crippen LogP contribution in [0.15, 0.2) is 23.1 Å². The first kappa shape index (κ1) is 18.6. The maximum Gasteiger partial charge on any atom is 0.255 e. The Morgan fingerprint density at radius 3 is 2.79 bits per heavy atom. The van der Waals surface area contributed by atoms with Gasteiger partial charge in [-0.05, 0) is 38.3 Å². The smallest absolute Gasteiger partial charge is 0.255 e. The highest BCUT2D eigenvalue weighted by molar-refractivity contribution is 5.44. The van der Waals surface area contributed by atoms with Gasteiger partial charge in [0, 0.05) is 38.2 Å². The number of pyridine rings is 1. The topological polar surface area (TPSA) is 66.3 Å². The fourth-order valence-corrected chi connectivity index (χ4v) is 4.92. The van der Waals surface area contributed by atoms with E-state index in [1.807, 2.05) is 0 Å². The molecule has 0 aromatic carbocycles. The van der Waals surface area contributed by atoms with E-state index in [9.17, 15) is 4.79 Å². The highest BCUT2D eigenvalue weighted by Crippen LogP contribution is 2.31. The first-order valence-electron chi connectivity index (χ1n) is 10.9. The molecule has 5 rings (SSSR count). The molecule has 1 N–H and O–H groups in total. The molecule has 29 heavy (non-hydrogen) atoms. The van der Waals surface area contributed by atoms with E-state index in [1.54, 1.807) is 0 Å². The van der Waals surface area contributed by atoms with Gasteiger partial charge in [0.1, 0.15) is 11.5 Å². The molecule has 3 aromatic heterocycles. The summed E-state index contributed by atoms with van der Waals surface area (Å²) in [5.74, 6) is 1.36. The van der Waals surface area contributed by atoms with Crippen LogP contribution in [0.5, 0.6) is 0 Å². The van der Waals surface area contributed by atoms with Crippen LogP contribution in [0.1, 0.15) is 72.1 Å². The van der Waals surface area contributed by atoms with Gasteiger partial charge in [-0.1, -0.05) is 25.3 Å². The molecule has 0 atom stereocenters. The molecule has 0 unspecified atom stereocenters. The summed E-state index contributed by atoms with van der Waals surface area (Å²) in [5.41, 5.74) is 6.38.